The number of rotatable bonds is 29. The Morgan fingerprint density at radius 2 is 0.829 bits per heavy atom. The molecule has 0 amide bonds. The van der Waals surface area contributed by atoms with Gasteiger partial charge in [-0.25, -0.2) is 0 Å². The van der Waals surface area contributed by atoms with Crippen molar-refractivity contribution in [2.45, 2.75) is 180 Å². The molecule has 2 atom stereocenters. The number of aliphatic hydroxyl groups is 2. The lowest BCUT2D eigenvalue weighted by atomic mass is 9.94. The minimum Gasteiger partial charge on any atom is -0.481 e. The Kier molecular flexibility index (Phi) is 27.5. The van der Waals surface area contributed by atoms with Gasteiger partial charge in [-0.05, 0) is 12.8 Å². The van der Waals surface area contributed by atoms with Crippen LogP contribution in [0.25, 0.3) is 0 Å². The van der Waals surface area contributed by atoms with Crippen LogP contribution in [0.1, 0.15) is 174 Å². The molecule has 0 bridgehead atoms. The van der Waals surface area contributed by atoms with Crippen LogP contribution in [0.15, 0.2) is 0 Å². The fraction of sp³-hybridized carbons (Fsp3) is 0.968. The van der Waals surface area contributed by atoms with Crippen LogP contribution in [0.5, 0.6) is 0 Å². The third-order valence-electron chi connectivity index (χ3n) is 7.52. The number of hydrogen-bond donors (Lipinski definition) is 3. The van der Waals surface area contributed by atoms with Crippen LogP contribution in [0.2, 0.25) is 0 Å². The van der Waals surface area contributed by atoms with Gasteiger partial charge >= 0.3 is 5.97 Å². The normalized spacial score (nSPS) is 13.2. The van der Waals surface area contributed by atoms with E-state index in [0.717, 1.165) is 12.8 Å². The second-order valence-electron chi connectivity index (χ2n) is 11.0. The third-order valence-corrected chi connectivity index (χ3v) is 7.52. The number of carboxylic acids is 1. The van der Waals surface area contributed by atoms with Gasteiger partial charge in [0.1, 0.15) is 0 Å². The van der Waals surface area contributed by atoms with Gasteiger partial charge in [-0.2, -0.15) is 0 Å². The van der Waals surface area contributed by atoms with Crippen LogP contribution in [0.4, 0.5) is 0 Å². The first-order valence-corrected chi connectivity index (χ1v) is 15.6. The van der Waals surface area contributed by atoms with Crippen molar-refractivity contribution < 1.29 is 20.1 Å². The molecule has 3 N–H and O–H groups in total. The smallest absolute Gasteiger partial charge is 0.306 e. The fourth-order valence-electron chi connectivity index (χ4n) is 5.10. The highest BCUT2D eigenvalue weighted by Crippen LogP contribution is 2.18. The van der Waals surface area contributed by atoms with Crippen LogP contribution in [-0.4, -0.2) is 34.0 Å². The monoisotopic (exact) mass is 498 g/mol. The van der Waals surface area contributed by atoms with Crippen LogP contribution in [0.3, 0.4) is 0 Å². The van der Waals surface area contributed by atoms with Gasteiger partial charge in [-0.15, -0.1) is 0 Å². The van der Waals surface area contributed by atoms with Crippen molar-refractivity contribution in [3.05, 3.63) is 0 Å². The summed E-state index contributed by atoms with van der Waals surface area (Å²) < 4.78 is 0. The summed E-state index contributed by atoms with van der Waals surface area (Å²) in [5.41, 5.74) is 0. The average molecular weight is 499 g/mol. The maximum atomic E-state index is 11.2. The maximum absolute atomic E-state index is 11.2. The first kappa shape index (κ1) is 34.4. The molecular weight excluding hydrogens is 436 g/mol. The van der Waals surface area contributed by atoms with Crippen molar-refractivity contribution >= 4 is 5.97 Å². The van der Waals surface area contributed by atoms with Crippen molar-refractivity contribution in [2.75, 3.05) is 6.61 Å². The zero-order valence-corrected chi connectivity index (χ0v) is 23.5. The van der Waals surface area contributed by atoms with Gasteiger partial charge in [-0.1, -0.05) is 161 Å². The second kappa shape index (κ2) is 28.0. The van der Waals surface area contributed by atoms with E-state index in [1.54, 1.807) is 0 Å². The van der Waals surface area contributed by atoms with Gasteiger partial charge in [0.15, 0.2) is 0 Å². The minimum absolute atomic E-state index is 0.158. The van der Waals surface area contributed by atoms with E-state index in [9.17, 15) is 15.0 Å². The van der Waals surface area contributed by atoms with Crippen molar-refractivity contribution in [1.29, 1.82) is 0 Å². The van der Waals surface area contributed by atoms with Gasteiger partial charge in [0.2, 0.25) is 0 Å². The molecule has 0 radical (unpaired) electrons. The molecule has 35 heavy (non-hydrogen) atoms. The molecule has 0 rings (SSSR count). The van der Waals surface area contributed by atoms with Crippen LogP contribution < -0.4 is 0 Å². The summed E-state index contributed by atoms with van der Waals surface area (Å²) in [7, 11) is 0. The molecule has 0 saturated heterocycles. The Hall–Kier alpha value is -0.610. The number of carboxylic acid groups (broad SMARTS) is 1. The molecule has 0 saturated carbocycles. The molecule has 2 unspecified atom stereocenters. The van der Waals surface area contributed by atoms with E-state index in [-0.39, 0.29) is 13.0 Å². The zero-order chi connectivity index (χ0) is 25.8. The van der Waals surface area contributed by atoms with Gasteiger partial charge in [0.05, 0.1) is 18.6 Å². The van der Waals surface area contributed by atoms with Crippen LogP contribution in [0, 0.1) is 5.92 Å². The topological polar surface area (TPSA) is 77.8 Å². The van der Waals surface area contributed by atoms with E-state index in [1.807, 2.05) is 0 Å². The summed E-state index contributed by atoms with van der Waals surface area (Å²) in [6.07, 6.45) is 32.5. The highest BCUT2D eigenvalue weighted by atomic mass is 16.4. The summed E-state index contributed by atoms with van der Waals surface area (Å²) in [6, 6.07) is 0. The SMILES string of the molecule is CCCCCCCCCCCCCCCCCCCCCCCCCCC(CC(O)CO)C(=O)O. The third kappa shape index (κ3) is 26.3. The highest BCUT2D eigenvalue weighted by Gasteiger charge is 2.20. The van der Waals surface area contributed by atoms with Gasteiger partial charge in [0.25, 0.3) is 0 Å². The lowest BCUT2D eigenvalue weighted by molar-refractivity contribution is -0.143. The summed E-state index contributed by atoms with van der Waals surface area (Å²) >= 11 is 0. The molecule has 0 aromatic carbocycles. The molecule has 0 aromatic rings. The Morgan fingerprint density at radius 3 is 1.09 bits per heavy atom. The predicted octanol–water partition coefficient (Wildman–Crippen LogP) is 9.20. The number of hydrogen-bond acceptors (Lipinski definition) is 3. The number of carbonyl (C=O) groups is 1. The van der Waals surface area contributed by atoms with Crippen molar-refractivity contribution in [2.24, 2.45) is 5.92 Å². The van der Waals surface area contributed by atoms with E-state index >= 15 is 0 Å². The Balaban J connectivity index is 3.21. The van der Waals surface area contributed by atoms with Crippen LogP contribution >= 0.6 is 0 Å². The number of unbranched alkanes of at least 4 members (excludes halogenated alkanes) is 23. The van der Waals surface area contributed by atoms with Gasteiger partial charge < -0.3 is 15.3 Å². The largest absolute Gasteiger partial charge is 0.481 e. The Labute approximate surface area is 218 Å². The van der Waals surface area contributed by atoms with Crippen molar-refractivity contribution in [3.8, 4) is 0 Å². The first-order chi connectivity index (χ1) is 17.1. The first-order valence-electron chi connectivity index (χ1n) is 15.6. The molecule has 0 aliphatic rings. The van der Waals surface area contributed by atoms with E-state index in [2.05, 4.69) is 6.92 Å². The van der Waals surface area contributed by atoms with Crippen molar-refractivity contribution in [3.63, 3.8) is 0 Å². The molecular formula is C31H62O4. The molecule has 0 aliphatic carbocycles. The van der Waals surface area contributed by atoms with E-state index in [4.69, 9.17) is 5.11 Å². The summed E-state index contributed by atoms with van der Waals surface area (Å²) in [6.45, 7) is 1.93. The minimum atomic E-state index is -0.912. The standard InChI is InChI=1S/C31H62O4/c1-2-3-4-5-6-7-8-9-10-11-12-13-14-15-16-17-18-19-20-21-22-23-24-25-26-29(31(34)35)27-30(33)28-32/h29-30,32-33H,2-28H2,1H3,(H,34,35). The molecule has 4 heteroatoms. The summed E-state index contributed by atoms with van der Waals surface area (Å²) in [4.78, 5) is 11.2. The van der Waals surface area contributed by atoms with E-state index in [1.165, 1.54) is 141 Å². The Bertz CT molecular complexity index is 426. The Morgan fingerprint density at radius 1 is 0.543 bits per heavy atom. The maximum Gasteiger partial charge on any atom is 0.306 e. The molecule has 0 heterocycles. The lowest BCUT2D eigenvalue weighted by Crippen LogP contribution is -2.23. The summed E-state index contributed by atoms with van der Waals surface area (Å²) in [5, 5.41) is 27.5. The van der Waals surface area contributed by atoms with Gasteiger partial charge in [-0.3, -0.25) is 4.79 Å². The number of aliphatic carboxylic acids is 1. The highest BCUT2D eigenvalue weighted by molar-refractivity contribution is 5.69. The van der Waals surface area contributed by atoms with Crippen LogP contribution in [-0.2, 0) is 4.79 Å². The lowest BCUT2D eigenvalue weighted by Gasteiger charge is -2.15. The zero-order valence-electron chi connectivity index (χ0n) is 23.5. The molecule has 0 aromatic heterocycles. The van der Waals surface area contributed by atoms with Gasteiger partial charge in [0, 0.05) is 0 Å². The average Bonchev–Trinajstić information content (AvgIpc) is 2.85. The molecule has 0 aliphatic heterocycles. The number of aliphatic hydroxyl groups excluding tert-OH is 2. The van der Waals surface area contributed by atoms with Crippen molar-refractivity contribution in [1.82, 2.24) is 0 Å². The summed E-state index contributed by atoms with van der Waals surface area (Å²) in [5.74, 6) is -1.39. The van der Waals surface area contributed by atoms with E-state index < -0.39 is 18.0 Å². The molecule has 0 fully saturated rings. The fourth-order valence-corrected chi connectivity index (χ4v) is 5.10. The molecule has 4 nitrogen and oxygen atoms in total. The molecule has 210 valence electrons. The predicted molar refractivity (Wildman–Crippen MR) is 150 cm³/mol. The quantitative estimate of drug-likeness (QED) is 0.0898. The van der Waals surface area contributed by atoms with E-state index in [0.29, 0.717) is 6.42 Å². The second-order valence-corrected chi connectivity index (χ2v) is 11.0. The molecule has 0 spiro atoms.